The van der Waals surface area contributed by atoms with Crippen molar-refractivity contribution < 1.29 is 18.7 Å². The maximum atomic E-state index is 15.2. The number of carbonyl (C=O) groups excluding carboxylic acids is 2. The highest BCUT2D eigenvalue weighted by atomic mass is 19.1. The highest BCUT2D eigenvalue weighted by Gasteiger charge is 2.36. The lowest BCUT2D eigenvalue weighted by molar-refractivity contribution is -0.128. The summed E-state index contributed by atoms with van der Waals surface area (Å²) >= 11 is 0. The maximum Gasteiger partial charge on any atom is 0.251 e. The largest absolute Gasteiger partial charge is 0.494 e. The zero-order valence-corrected chi connectivity index (χ0v) is 23.3. The van der Waals surface area contributed by atoms with E-state index < -0.39 is 29.2 Å². The molecule has 10 heteroatoms. The van der Waals surface area contributed by atoms with Crippen LogP contribution in [0.5, 0.6) is 5.75 Å². The minimum absolute atomic E-state index is 0.0469. The molecule has 0 spiro atoms. The Kier molecular flexibility index (Phi) is 8.57. The zero-order valence-electron chi connectivity index (χ0n) is 23.3. The first kappa shape index (κ1) is 28.4. The minimum atomic E-state index is -1.20. The molecule has 4 rings (SSSR count). The summed E-state index contributed by atoms with van der Waals surface area (Å²) in [5.41, 5.74) is 1.65. The molecule has 1 aromatic heterocycles. The van der Waals surface area contributed by atoms with E-state index in [1.165, 1.54) is 18.2 Å². The highest BCUT2D eigenvalue weighted by molar-refractivity contribution is 6.01. The third-order valence-electron chi connectivity index (χ3n) is 5.93. The number of nitrogens with one attached hydrogen (secondary N) is 1. The Balaban J connectivity index is 1.75. The lowest BCUT2D eigenvalue weighted by Crippen LogP contribution is -2.50. The molecular formula is C30H33FN6O3. The minimum Gasteiger partial charge on any atom is -0.494 e. The van der Waals surface area contributed by atoms with Crippen molar-refractivity contribution in [3.05, 3.63) is 89.7 Å². The Hall–Kier alpha value is -4.60. The van der Waals surface area contributed by atoms with Crippen molar-refractivity contribution in [2.75, 3.05) is 11.5 Å². The van der Waals surface area contributed by atoms with Crippen LogP contribution >= 0.6 is 0 Å². The normalized spacial score (nSPS) is 12.1. The first-order valence-corrected chi connectivity index (χ1v) is 13.0. The van der Waals surface area contributed by atoms with Gasteiger partial charge in [0.05, 0.1) is 12.3 Å². The molecule has 1 atom stereocenters. The molecule has 0 saturated heterocycles. The third kappa shape index (κ3) is 6.88. The van der Waals surface area contributed by atoms with E-state index in [9.17, 15) is 9.59 Å². The van der Waals surface area contributed by atoms with Crippen LogP contribution in [0.2, 0.25) is 0 Å². The highest BCUT2D eigenvalue weighted by Crippen LogP contribution is 2.32. The van der Waals surface area contributed by atoms with Gasteiger partial charge in [0, 0.05) is 11.1 Å². The van der Waals surface area contributed by atoms with Crippen LogP contribution in [0, 0.1) is 12.7 Å². The fourth-order valence-electron chi connectivity index (χ4n) is 4.16. The second-order valence-electron chi connectivity index (χ2n) is 10.4. The van der Waals surface area contributed by atoms with E-state index in [-0.39, 0.29) is 12.2 Å². The van der Waals surface area contributed by atoms with Crippen LogP contribution < -0.4 is 15.0 Å². The topological polar surface area (TPSA) is 102 Å². The van der Waals surface area contributed by atoms with Gasteiger partial charge in [0.1, 0.15) is 24.2 Å². The van der Waals surface area contributed by atoms with Gasteiger partial charge in [-0.05, 0) is 69.7 Å². The molecule has 208 valence electrons. The summed E-state index contributed by atoms with van der Waals surface area (Å²) in [7, 11) is 0. The summed E-state index contributed by atoms with van der Waals surface area (Å²) in [6.45, 7) is 9.45. The Morgan fingerprint density at radius 2 is 1.70 bits per heavy atom. The molecular weight excluding hydrogens is 511 g/mol. The Bertz CT molecular complexity index is 1460. The van der Waals surface area contributed by atoms with Gasteiger partial charge in [0.15, 0.2) is 0 Å². The quantitative estimate of drug-likeness (QED) is 0.322. The summed E-state index contributed by atoms with van der Waals surface area (Å²) in [6, 6.07) is 19.1. The summed E-state index contributed by atoms with van der Waals surface area (Å²) in [6.07, 6.45) is 0. The first-order valence-electron chi connectivity index (χ1n) is 13.0. The summed E-state index contributed by atoms with van der Waals surface area (Å²) in [5.74, 6) is -0.762. The number of hydrogen-bond donors (Lipinski definition) is 1. The predicted molar refractivity (Wildman–Crippen MR) is 150 cm³/mol. The number of halogens is 1. The van der Waals surface area contributed by atoms with Crippen LogP contribution in [-0.2, 0) is 16.1 Å². The number of benzene rings is 3. The average Bonchev–Trinajstić information content (AvgIpc) is 3.36. The van der Waals surface area contributed by atoms with Crippen LogP contribution in [0.25, 0.3) is 11.4 Å². The molecule has 0 unspecified atom stereocenters. The van der Waals surface area contributed by atoms with E-state index in [0.717, 1.165) is 20.8 Å². The Morgan fingerprint density at radius 3 is 2.33 bits per heavy atom. The number of carbonyl (C=O) groups is 2. The maximum absolute atomic E-state index is 15.2. The number of aryl methyl sites for hydroxylation is 1. The molecule has 4 aromatic rings. The van der Waals surface area contributed by atoms with Gasteiger partial charge in [0.2, 0.25) is 11.7 Å². The van der Waals surface area contributed by atoms with Crippen LogP contribution in [0.1, 0.15) is 44.9 Å². The molecule has 40 heavy (non-hydrogen) atoms. The van der Waals surface area contributed by atoms with E-state index in [2.05, 4.69) is 20.7 Å². The van der Waals surface area contributed by atoms with E-state index in [0.29, 0.717) is 23.7 Å². The number of tetrazole rings is 1. The number of ether oxygens (including phenoxy) is 1. The number of amides is 2. The molecule has 0 aliphatic heterocycles. The molecule has 2 amide bonds. The molecule has 0 radical (unpaired) electrons. The number of para-hydroxylation sites is 1. The lowest BCUT2D eigenvalue weighted by atomic mass is 10.0. The zero-order chi connectivity index (χ0) is 28.9. The van der Waals surface area contributed by atoms with Gasteiger partial charge in [-0.15, -0.1) is 10.2 Å². The molecule has 0 aliphatic carbocycles. The number of rotatable bonds is 9. The molecule has 0 bridgehead atoms. The van der Waals surface area contributed by atoms with Gasteiger partial charge in [-0.2, -0.15) is 4.80 Å². The van der Waals surface area contributed by atoms with Crippen molar-refractivity contribution in [2.45, 2.75) is 52.7 Å². The van der Waals surface area contributed by atoms with Crippen LogP contribution in [0.4, 0.5) is 10.1 Å². The van der Waals surface area contributed by atoms with Crippen LogP contribution in [0.3, 0.4) is 0 Å². The van der Waals surface area contributed by atoms with Gasteiger partial charge in [-0.3, -0.25) is 14.5 Å². The SMILES string of the molecule is CCOc1ccc([C@@H](C(=O)NC(C)(C)C)N(C(=O)Cn2nnc(-c3ccc(C)cc3)n2)c2ccccc2F)cc1. The van der Waals surface area contributed by atoms with E-state index in [1.807, 2.05) is 58.9 Å². The van der Waals surface area contributed by atoms with E-state index in [4.69, 9.17) is 4.74 Å². The van der Waals surface area contributed by atoms with Crippen molar-refractivity contribution in [3.63, 3.8) is 0 Å². The first-order chi connectivity index (χ1) is 19.1. The lowest BCUT2D eigenvalue weighted by Gasteiger charge is -2.33. The summed E-state index contributed by atoms with van der Waals surface area (Å²) in [4.78, 5) is 30.0. The van der Waals surface area contributed by atoms with Crippen molar-refractivity contribution in [1.29, 1.82) is 0 Å². The van der Waals surface area contributed by atoms with Gasteiger partial charge in [-0.1, -0.05) is 54.1 Å². The molecule has 1 heterocycles. The molecule has 1 N–H and O–H groups in total. The average molecular weight is 545 g/mol. The van der Waals surface area contributed by atoms with Gasteiger partial charge in [-0.25, -0.2) is 4.39 Å². The van der Waals surface area contributed by atoms with E-state index in [1.54, 1.807) is 30.3 Å². The van der Waals surface area contributed by atoms with E-state index >= 15 is 4.39 Å². The second kappa shape index (κ2) is 12.1. The number of hydrogen-bond acceptors (Lipinski definition) is 6. The summed E-state index contributed by atoms with van der Waals surface area (Å²) < 4.78 is 20.8. The monoisotopic (exact) mass is 544 g/mol. The van der Waals surface area contributed by atoms with Crippen molar-refractivity contribution in [3.8, 4) is 17.1 Å². The van der Waals surface area contributed by atoms with Gasteiger partial charge >= 0.3 is 0 Å². The molecule has 0 saturated carbocycles. The fourth-order valence-corrected chi connectivity index (χ4v) is 4.16. The fraction of sp³-hybridized carbons (Fsp3) is 0.300. The smallest absolute Gasteiger partial charge is 0.251 e. The molecule has 0 aliphatic rings. The summed E-state index contributed by atoms with van der Waals surface area (Å²) in [5, 5.41) is 15.4. The van der Waals surface area contributed by atoms with Crippen LogP contribution in [-0.4, -0.2) is 44.2 Å². The third-order valence-corrected chi connectivity index (χ3v) is 5.93. The molecule has 9 nitrogen and oxygen atoms in total. The van der Waals surface area contributed by atoms with Crippen molar-refractivity contribution >= 4 is 17.5 Å². The second-order valence-corrected chi connectivity index (χ2v) is 10.4. The van der Waals surface area contributed by atoms with Gasteiger partial charge < -0.3 is 10.1 Å². The van der Waals surface area contributed by atoms with Gasteiger partial charge in [0.25, 0.3) is 5.91 Å². The Morgan fingerprint density at radius 1 is 1.02 bits per heavy atom. The Labute approximate surface area is 233 Å². The van der Waals surface area contributed by atoms with Crippen LogP contribution in [0.15, 0.2) is 72.8 Å². The molecule has 0 fully saturated rings. The standard InChI is InChI=1S/C30H33FN6O3/c1-6-40-23-17-15-21(16-18-23)27(29(39)32-30(3,4)5)37(25-10-8-7-9-24(25)31)26(38)19-36-34-28(33-35-36)22-13-11-20(2)12-14-22/h7-18,27H,6,19H2,1-5H3,(H,32,39)/t27-/m0/s1. The number of nitrogens with zero attached hydrogens (tertiary/aromatic N) is 5. The number of anilines is 1. The van der Waals surface area contributed by atoms with Crippen molar-refractivity contribution in [2.24, 2.45) is 0 Å². The predicted octanol–water partition coefficient (Wildman–Crippen LogP) is 4.88. The molecule has 3 aromatic carbocycles. The van der Waals surface area contributed by atoms with Crippen molar-refractivity contribution in [1.82, 2.24) is 25.5 Å². The number of aromatic nitrogens is 4.